The fraction of sp³-hybridized carbons (Fsp3) is 0.280. The van der Waals surface area contributed by atoms with Crippen LogP contribution < -0.4 is 9.47 Å². The van der Waals surface area contributed by atoms with Gasteiger partial charge >= 0.3 is 5.97 Å². The zero-order valence-electron chi connectivity index (χ0n) is 19.2. The van der Waals surface area contributed by atoms with Gasteiger partial charge in [0.25, 0.3) is 0 Å². The third kappa shape index (κ3) is 4.96. The first kappa shape index (κ1) is 22.5. The molecule has 5 rings (SSSR count). The van der Waals surface area contributed by atoms with E-state index in [-0.39, 0.29) is 13.3 Å². The van der Waals surface area contributed by atoms with Crippen molar-refractivity contribution >= 4 is 22.6 Å². The van der Waals surface area contributed by atoms with Crippen molar-refractivity contribution in [1.82, 2.24) is 30.2 Å². The number of fused-ring (bicyclic) bond motifs is 2. The van der Waals surface area contributed by atoms with E-state index in [1.165, 1.54) is 4.80 Å². The number of benzene rings is 1. The van der Waals surface area contributed by atoms with Gasteiger partial charge in [-0.25, -0.2) is 14.8 Å². The molecule has 0 unspecified atom stereocenters. The van der Waals surface area contributed by atoms with Gasteiger partial charge in [0, 0.05) is 29.3 Å². The van der Waals surface area contributed by atoms with Crippen LogP contribution in [0.4, 0.5) is 0 Å². The molecule has 0 fully saturated rings. The average Bonchev–Trinajstić information content (AvgIpc) is 3.52. The van der Waals surface area contributed by atoms with E-state index in [4.69, 9.17) is 9.47 Å². The van der Waals surface area contributed by atoms with Gasteiger partial charge < -0.3 is 14.6 Å². The number of carbonyl (C=O) groups is 1. The monoisotopic (exact) mass is 472 g/mol. The van der Waals surface area contributed by atoms with Crippen LogP contribution in [0.2, 0.25) is 0 Å². The van der Waals surface area contributed by atoms with Crippen LogP contribution >= 0.6 is 0 Å². The van der Waals surface area contributed by atoms with Gasteiger partial charge in [-0.3, -0.25) is 0 Å². The van der Waals surface area contributed by atoms with Crippen LogP contribution in [0.5, 0.6) is 11.5 Å². The van der Waals surface area contributed by atoms with Gasteiger partial charge in [0.1, 0.15) is 0 Å². The molecule has 0 atom stereocenters. The molecule has 0 spiro atoms. The van der Waals surface area contributed by atoms with Crippen LogP contribution in [-0.2, 0) is 24.2 Å². The SMILES string of the molecule is CCC(C(=O)O)=C(Cn1nnc(CCCc2ccc3cccnc3n2)n1)c1ccc2c(c1)OCO2. The molecule has 1 aliphatic rings. The summed E-state index contributed by atoms with van der Waals surface area (Å²) in [6, 6.07) is 13.3. The number of carboxylic acid groups (broad SMARTS) is 1. The Morgan fingerprint density at radius 1 is 1.11 bits per heavy atom. The van der Waals surface area contributed by atoms with Crippen molar-refractivity contribution in [3.63, 3.8) is 0 Å². The fourth-order valence-corrected chi connectivity index (χ4v) is 4.08. The first-order valence-corrected chi connectivity index (χ1v) is 11.4. The molecule has 3 aromatic heterocycles. The lowest BCUT2D eigenvalue weighted by Crippen LogP contribution is -2.11. The molecule has 4 heterocycles. The first-order valence-electron chi connectivity index (χ1n) is 11.4. The first-order chi connectivity index (χ1) is 17.1. The van der Waals surface area contributed by atoms with Crippen molar-refractivity contribution in [2.45, 2.75) is 39.2 Å². The van der Waals surface area contributed by atoms with Crippen LogP contribution in [0.15, 0.2) is 54.2 Å². The summed E-state index contributed by atoms with van der Waals surface area (Å²) >= 11 is 0. The van der Waals surface area contributed by atoms with E-state index in [0.29, 0.717) is 41.3 Å². The highest BCUT2D eigenvalue weighted by Gasteiger charge is 2.20. The number of aromatic nitrogens is 6. The number of allylic oxidation sites excluding steroid dienone is 1. The number of pyridine rings is 2. The maximum atomic E-state index is 11.9. The van der Waals surface area contributed by atoms with Crippen LogP contribution in [0.25, 0.3) is 16.6 Å². The zero-order chi connectivity index (χ0) is 24.2. The van der Waals surface area contributed by atoms with E-state index < -0.39 is 5.97 Å². The summed E-state index contributed by atoms with van der Waals surface area (Å²) in [5, 5.41) is 23.6. The molecule has 4 aromatic rings. The van der Waals surface area contributed by atoms with E-state index in [2.05, 4.69) is 25.4 Å². The number of aryl methyl sites for hydroxylation is 2. The number of aliphatic carboxylic acids is 1. The van der Waals surface area contributed by atoms with Gasteiger partial charge in [-0.15, -0.1) is 10.2 Å². The second-order valence-corrected chi connectivity index (χ2v) is 8.13. The number of hydrogen-bond acceptors (Lipinski definition) is 8. The van der Waals surface area contributed by atoms with Crippen LogP contribution in [0.1, 0.15) is 36.8 Å². The van der Waals surface area contributed by atoms with E-state index in [0.717, 1.165) is 35.1 Å². The lowest BCUT2D eigenvalue weighted by Gasteiger charge is -2.12. The second-order valence-electron chi connectivity index (χ2n) is 8.13. The quantitative estimate of drug-likeness (QED) is 0.364. The number of hydrogen-bond donors (Lipinski definition) is 1. The standard InChI is InChI=1S/C25H24N6O4/c1-2-19(25(32)33)20(17-9-11-21-22(13-17)35-15-34-21)14-31-29-23(28-30-31)7-3-6-18-10-8-16-5-4-12-26-24(16)27-18/h4-5,8-13H,2-3,6-7,14-15H2,1H3,(H,32,33). The highest BCUT2D eigenvalue weighted by Crippen LogP contribution is 2.35. The van der Waals surface area contributed by atoms with Crippen molar-refractivity contribution in [1.29, 1.82) is 0 Å². The molecular formula is C25H24N6O4. The Bertz CT molecular complexity index is 1410. The summed E-state index contributed by atoms with van der Waals surface area (Å²) in [6.07, 6.45) is 4.29. The second kappa shape index (κ2) is 9.88. The number of nitrogens with zero attached hydrogens (tertiary/aromatic N) is 6. The lowest BCUT2D eigenvalue weighted by molar-refractivity contribution is -0.132. The van der Waals surface area contributed by atoms with Crippen molar-refractivity contribution < 1.29 is 19.4 Å². The van der Waals surface area contributed by atoms with Gasteiger partial charge in [-0.1, -0.05) is 13.0 Å². The van der Waals surface area contributed by atoms with Gasteiger partial charge in [-0.05, 0) is 72.0 Å². The maximum absolute atomic E-state index is 11.9. The summed E-state index contributed by atoms with van der Waals surface area (Å²) in [7, 11) is 0. The molecule has 1 aliphatic heterocycles. The van der Waals surface area contributed by atoms with Crippen molar-refractivity contribution in [3.05, 3.63) is 71.3 Å². The molecule has 0 saturated carbocycles. The van der Waals surface area contributed by atoms with Crippen molar-refractivity contribution in [2.24, 2.45) is 0 Å². The van der Waals surface area contributed by atoms with Gasteiger partial charge in [0.15, 0.2) is 23.0 Å². The number of ether oxygens (including phenoxy) is 2. The van der Waals surface area contributed by atoms with Crippen molar-refractivity contribution in [3.8, 4) is 11.5 Å². The molecule has 0 amide bonds. The molecule has 1 aromatic carbocycles. The predicted molar refractivity (Wildman–Crippen MR) is 127 cm³/mol. The molecule has 10 nitrogen and oxygen atoms in total. The highest BCUT2D eigenvalue weighted by molar-refractivity contribution is 5.96. The van der Waals surface area contributed by atoms with Crippen LogP contribution in [0, 0.1) is 0 Å². The third-order valence-corrected chi connectivity index (χ3v) is 5.85. The Morgan fingerprint density at radius 2 is 2.00 bits per heavy atom. The Balaban J connectivity index is 1.29. The summed E-state index contributed by atoms with van der Waals surface area (Å²) < 4.78 is 10.8. The molecule has 10 heteroatoms. The Labute approximate surface area is 201 Å². The fourth-order valence-electron chi connectivity index (χ4n) is 4.08. The molecule has 0 saturated heterocycles. The molecule has 1 N–H and O–H groups in total. The minimum absolute atomic E-state index is 0.149. The largest absolute Gasteiger partial charge is 0.478 e. The van der Waals surface area contributed by atoms with Crippen LogP contribution in [-0.4, -0.2) is 48.0 Å². The summed E-state index contributed by atoms with van der Waals surface area (Å²) in [5.74, 6) is 0.852. The molecular weight excluding hydrogens is 448 g/mol. The lowest BCUT2D eigenvalue weighted by atomic mass is 9.97. The van der Waals surface area contributed by atoms with E-state index in [1.807, 2.05) is 37.3 Å². The van der Waals surface area contributed by atoms with Gasteiger partial charge in [-0.2, -0.15) is 4.80 Å². The smallest absolute Gasteiger partial charge is 0.331 e. The zero-order valence-corrected chi connectivity index (χ0v) is 19.2. The predicted octanol–water partition coefficient (Wildman–Crippen LogP) is 3.47. The normalized spacial score (nSPS) is 13.2. The summed E-state index contributed by atoms with van der Waals surface area (Å²) in [4.78, 5) is 22.3. The van der Waals surface area contributed by atoms with Crippen LogP contribution in [0.3, 0.4) is 0 Å². The maximum Gasteiger partial charge on any atom is 0.331 e. The van der Waals surface area contributed by atoms with Crippen molar-refractivity contribution in [2.75, 3.05) is 6.79 Å². The van der Waals surface area contributed by atoms with E-state index in [1.54, 1.807) is 18.3 Å². The summed E-state index contributed by atoms with van der Waals surface area (Å²) in [6.45, 7) is 2.14. The van der Waals surface area contributed by atoms with Gasteiger partial charge in [0.05, 0.1) is 6.54 Å². The third-order valence-electron chi connectivity index (χ3n) is 5.85. The van der Waals surface area contributed by atoms with Gasteiger partial charge in [0.2, 0.25) is 6.79 Å². The Hall–Kier alpha value is -4.34. The number of rotatable bonds is 9. The average molecular weight is 473 g/mol. The molecule has 0 aliphatic carbocycles. The van der Waals surface area contributed by atoms with E-state index >= 15 is 0 Å². The summed E-state index contributed by atoms with van der Waals surface area (Å²) in [5.41, 5.74) is 3.32. The Morgan fingerprint density at radius 3 is 2.86 bits per heavy atom. The minimum atomic E-state index is -0.974. The molecule has 35 heavy (non-hydrogen) atoms. The topological polar surface area (TPSA) is 125 Å². The molecule has 0 bridgehead atoms. The number of tetrazole rings is 1. The minimum Gasteiger partial charge on any atom is -0.478 e. The van der Waals surface area contributed by atoms with E-state index in [9.17, 15) is 9.90 Å². The number of carboxylic acids is 1. The molecule has 0 radical (unpaired) electrons. The molecule has 178 valence electrons. The highest BCUT2D eigenvalue weighted by atomic mass is 16.7. The Kier molecular flexibility index (Phi) is 6.34.